The van der Waals surface area contributed by atoms with Gasteiger partial charge in [0.15, 0.2) is 5.16 Å². The molecule has 0 atom stereocenters. The Morgan fingerprint density at radius 2 is 1.92 bits per heavy atom. The molecule has 0 bridgehead atoms. The van der Waals surface area contributed by atoms with Crippen LogP contribution in [0.25, 0.3) is 0 Å². The molecule has 0 radical (unpaired) electrons. The molecule has 0 unspecified atom stereocenters. The number of rotatable bonds is 5. The summed E-state index contributed by atoms with van der Waals surface area (Å²) in [5, 5.41) is 1.47. The van der Waals surface area contributed by atoms with Gasteiger partial charge in [0.05, 0.1) is 0 Å². The lowest BCUT2D eigenvalue weighted by Crippen LogP contribution is -2.48. The van der Waals surface area contributed by atoms with Gasteiger partial charge < -0.3 is 4.90 Å². The van der Waals surface area contributed by atoms with E-state index in [0.29, 0.717) is 23.9 Å². The first-order valence-electron chi connectivity index (χ1n) is 8.80. The van der Waals surface area contributed by atoms with E-state index in [9.17, 15) is 4.79 Å². The topological polar surface area (TPSA) is 49.3 Å². The van der Waals surface area contributed by atoms with Crippen LogP contribution in [0.1, 0.15) is 28.7 Å². The zero-order valence-corrected chi connectivity index (χ0v) is 16.7. The van der Waals surface area contributed by atoms with Crippen LogP contribution in [0.15, 0.2) is 35.5 Å². The average molecular weight is 391 g/mol. The summed E-state index contributed by atoms with van der Waals surface area (Å²) in [4.78, 5) is 25.8. The summed E-state index contributed by atoms with van der Waals surface area (Å²) in [5.74, 6) is 0.878. The molecule has 0 saturated carbocycles. The van der Waals surface area contributed by atoms with Crippen molar-refractivity contribution in [1.29, 1.82) is 0 Å². The molecule has 1 aliphatic heterocycles. The lowest BCUT2D eigenvalue weighted by atomic mass is 10.2. The molecule has 1 amide bonds. The van der Waals surface area contributed by atoms with E-state index < -0.39 is 0 Å². The number of thioether (sulfide) groups is 1. The number of halogens is 1. The number of nitrogens with zero attached hydrogens (tertiary/aromatic N) is 4. The van der Waals surface area contributed by atoms with Crippen LogP contribution in [-0.4, -0.2) is 57.6 Å². The van der Waals surface area contributed by atoms with Crippen molar-refractivity contribution in [1.82, 2.24) is 19.8 Å². The summed E-state index contributed by atoms with van der Waals surface area (Å²) in [6.07, 6.45) is 0. The fourth-order valence-electron chi connectivity index (χ4n) is 2.98. The molecule has 1 aliphatic rings. The van der Waals surface area contributed by atoms with Crippen LogP contribution in [0.5, 0.6) is 0 Å². The highest BCUT2D eigenvalue weighted by atomic mass is 35.5. The van der Waals surface area contributed by atoms with Crippen molar-refractivity contribution in [2.45, 2.75) is 25.5 Å². The molecule has 2 aromatic rings. The summed E-state index contributed by atoms with van der Waals surface area (Å²) >= 11 is 7.81. The molecule has 1 aromatic carbocycles. The third kappa shape index (κ3) is 4.75. The molecule has 0 N–H and O–H groups in total. The van der Waals surface area contributed by atoms with Gasteiger partial charge >= 0.3 is 0 Å². The number of benzene rings is 1. The standard InChI is InChI=1S/C19H23ClN4OS/c1-3-26-19-21-14(2)12-17(22-19)18(25)24-10-8-23(9-11-24)13-15-6-4-5-7-16(15)20/h4-7,12H,3,8-11,13H2,1-2H3. The number of aromatic nitrogens is 2. The third-order valence-electron chi connectivity index (χ3n) is 4.34. The van der Waals surface area contributed by atoms with Gasteiger partial charge in [-0.25, -0.2) is 9.97 Å². The Hall–Kier alpha value is -1.63. The van der Waals surface area contributed by atoms with Crippen molar-refractivity contribution in [3.63, 3.8) is 0 Å². The second-order valence-corrected chi connectivity index (χ2v) is 7.91. The van der Waals surface area contributed by atoms with Crippen molar-refractivity contribution in [2.24, 2.45) is 0 Å². The van der Waals surface area contributed by atoms with E-state index in [1.54, 1.807) is 17.8 Å². The quantitative estimate of drug-likeness (QED) is 0.577. The largest absolute Gasteiger partial charge is 0.335 e. The third-order valence-corrected chi connectivity index (χ3v) is 5.44. The average Bonchev–Trinajstić information content (AvgIpc) is 2.63. The highest BCUT2D eigenvalue weighted by Crippen LogP contribution is 2.19. The van der Waals surface area contributed by atoms with Gasteiger partial charge in [-0.05, 0) is 30.4 Å². The molecule has 1 saturated heterocycles. The molecule has 3 rings (SSSR count). The fourth-order valence-corrected chi connectivity index (χ4v) is 3.81. The Balaban J connectivity index is 1.61. The predicted octanol–water partition coefficient (Wildman–Crippen LogP) is 3.51. The van der Waals surface area contributed by atoms with Gasteiger partial charge in [0.2, 0.25) is 0 Å². The predicted molar refractivity (Wildman–Crippen MR) is 106 cm³/mol. The molecule has 0 aliphatic carbocycles. The molecule has 7 heteroatoms. The van der Waals surface area contributed by atoms with Crippen LogP contribution in [-0.2, 0) is 6.54 Å². The van der Waals surface area contributed by atoms with Gasteiger partial charge in [-0.3, -0.25) is 9.69 Å². The second kappa shape index (κ2) is 8.84. The lowest BCUT2D eigenvalue weighted by molar-refractivity contribution is 0.0621. The number of piperazine rings is 1. The van der Waals surface area contributed by atoms with E-state index in [2.05, 4.69) is 27.9 Å². The first-order chi connectivity index (χ1) is 12.6. The summed E-state index contributed by atoms with van der Waals surface area (Å²) in [7, 11) is 0. The monoisotopic (exact) mass is 390 g/mol. The Kier molecular flexibility index (Phi) is 6.51. The first-order valence-corrected chi connectivity index (χ1v) is 10.2. The molecule has 26 heavy (non-hydrogen) atoms. The maximum Gasteiger partial charge on any atom is 0.272 e. The second-order valence-electron chi connectivity index (χ2n) is 6.27. The van der Waals surface area contributed by atoms with Crippen LogP contribution in [0.4, 0.5) is 0 Å². The zero-order valence-electron chi connectivity index (χ0n) is 15.1. The van der Waals surface area contributed by atoms with E-state index in [4.69, 9.17) is 11.6 Å². The summed E-state index contributed by atoms with van der Waals surface area (Å²) in [6.45, 7) is 7.82. The number of hydrogen-bond donors (Lipinski definition) is 0. The van der Waals surface area contributed by atoms with E-state index in [0.717, 1.165) is 41.7 Å². The van der Waals surface area contributed by atoms with E-state index >= 15 is 0 Å². The van der Waals surface area contributed by atoms with Crippen LogP contribution < -0.4 is 0 Å². The fraction of sp³-hybridized carbons (Fsp3) is 0.421. The molecule has 1 aromatic heterocycles. The number of carbonyl (C=O) groups excluding carboxylic acids is 1. The molecular formula is C19H23ClN4OS. The van der Waals surface area contributed by atoms with Gasteiger partial charge in [-0.1, -0.05) is 48.5 Å². The van der Waals surface area contributed by atoms with Crippen molar-refractivity contribution in [2.75, 3.05) is 31.9 Å². The van der Waals surface area contributed by atoms with Gasteiger partial charge in [0.1, 0.15) is 5.69 Å². The maximum atomic E-state index is 12.8. The Bertz CT molecular complexity index is 778. The van der Waals surface area contributed by atoms with Crippen molar-refractivity contribution < 1.29 is 4.79 Å². The minimum Gasteiger partial charge on any atom is -0.335 e. The normalized spacial score (nSPS) is 15.3. The van der Waals surface area contributed by atoms with Crippen molar-refractivity contribution in [3.8, 4) is 0 Å². The molecule has 1 fully saturated rings. The number of hydrogen-bond acceptors (Lipinski definition) is 5. The highest BCUT2D eigenvalue weighted by Gasteiger charge is 2.24. The van der Waals surface area contributed by atoms with Crippen molar-refractivity contribution in [3.05, 3.63) is 52.3 Å². The van der Waals surface area contributed by atoms with Crippen LogP contribution >= 0.6 is 23.4 Å². The highest BCUT2D eigenvalue weighted by molar-refractivity contribution is 7.99. The Morgan fingerprint density at radius 3 is 2.62 bits per heavy atom. The Labute approximate surface area is 163 Å². The van der Waals surface area contributed by atoms with E-state index in [1.807, 2.05) is 30.0 Å². The summed E-state index contributed by atoms with van der Waals surface area (Å²) in [5.41, 5.74) is 2.45. The van der Waals surface area contributed by atoms with E-state index in [-0.39, 0.29) is 5.91 Å². The lowest BCUT2D eigenvalue weighted by Gasteiger charge is -2.34. The van der Waals surface area contributed by atoms with Crippen LogP contribution in [0, 0.1) is 6.92 Å². The van der Waals surface area contributed by atoms with Crippen molar-refractivity contribution >= 4 is 29.3 Å². The van der Waals surface area contributed by atoms with Gasteiger partial charge in [0, 0.05) is 43.4 Å². The molecule has 0 spiro atoms. The smallest absolute Gasteiger partial charge is 0.272 e. The summed E-state index contributed by atoms with van der Waals surface area (Å²) in [6, 6.07) is 9.69. The molecule has 2 heterocycles. The van der Waals surface area contributed by atoms with E-state index in [1.165, 1.54) is 0 Å². The van der Waals surface area contributed by atoms with Gasteiger partial charge in [-0.15, -0.1) is 0 Å². The maximum absolute atomic E-state index is 12.8. The minimum absolute atomic E-state index is 0.00848. The first kappa shape index (κ1) is 19.1. The van der Waals surface area contributed by atoms with Gasteiger partial charge in [-0.2, -0.15) is 0 Å². The number of amides is 1. The minimum atomic E-state index is -0.00848. The SMILES string of the molecule is CCSc1nc(C)cc(C(=O)N2CCN(Cc3ccccc3Cl)CC2)n1. The molecule has 5 nitrogen and oxygen atoms in total. The number of aryl methyl sites for hydroxylation is 1. The van der Waals surface area contributed by atoms with Crippen LogP contribution in [0.3, 0.4) is 0 Å². The van der Waals surface area contributed by atoms with Crippen LogP contribution in [0.2, 0.25) is 5.02 Å². The van der Waals surface area contributed by atoms with Gasteiger partial charge in [0.25, 0.3) is 5.91 Å². The summed E-state index contributed by atoms with van der Waals surface area (Å²) < 4.78 is 0. The molecule has 138 valence electrons. The zero-order chi connectivity index (χ0) is 18.5. The Morgan fingerprint density at radius 1 is 1.19 bits per heavy atom. The number of carbonyl (C=O) groups is 1. The molecular weight excluding hydrogens is 368 g/mol.